The Balaban J connectivity index is 0.000000181. The predicted octanol–water partition coefficient (Wildman–Crippen LogP) is 2.79. The smallest absolute Gasteiger partial charge is 0.335 e. The summed E-state index contributed by atoms with van der Waals surface area (Å²) in [6.45, 7) is 0.226. The molecule has 12 nitrogen and oxygen atoms in total. The first-order valence-electron chi connectivity index (χ1n) is 11.9. The Kier molecular flexibility index (Phi) is 8.39. The number of carboxylic acid groups (broad SMARTS) is 1. The first-order chi connectivity index (χ1) is 18.9. The molecule has 0 fully saturated rings. The van der Waals surface area contributed by atoms with Crippen molar-refractivity contribution in [1.82, 2.24) is 24.9 Å². The molecule has 0 aliphatic rings. The topological polar surface area (TPSA) is 189 Å². The van der Waals surface area contributed by atoms with E-state index in [9.17, 15) is 9.59 Å². The lowest BCUT2D eigenvalue weighted by Crippen LogP contribution is -2.45. The number of aromatic carboxylic acids is 1. The quantitative estimate of drug-likeness (QED) is 0.201. The van der Waals surface area contributed by atoms with Gasteiger partial charge in [0, 0.05) is 42.2 Å². The number of nitrogens with zero attached hydrogens (tertiary/aromatic N) is 5. The fourth-order valence-corrected chi connectivity index (χ4v) is 3.66. The van der Waals surface area contributed by atoms with Crippen LogP contribution >= 0.6 is 0 Å². The number of nitrogens with one attached hydrogen (secondary N) is 2. The van der Waals surface area contributed by atoms with Crippen LogP contribution in [0.25, 0.3) is 22.3 Å². The number of fused-ring (bicyclic) bond motifs is 1. The van der Waals surface area contributed by atoms with Crippen molar-refractivity contribution in [3.05, 3.63) is 90.9 Å². The van der Waals surface area contributed by atoms with E-state index in [4.69, 9.17) is 16.6 Å². The van der Waals surface area contributed by atoms with Crippen molar-refractivity contribution in [2.45, 2.75) is 6.04 Å². The van der Waals surface area contributed by atoms with E-state index < -0.39 is 17.9 Å². The second-order valence-electron chi connectivity index (χ2n) is 8.31. The zero-order valence-electron chi connectivity index (χ0n) is 21.0. The van der Waals surface area contributed by atoms with Crippen LogP contribution in [0.5, 0.6) is 0 Å². The van der Waals surface area contributed by atoms with Crippen LogP contribution in [0.4, 0.5) is 17.6 Å². The van der Waals surface area contributed by atoms with E-state index in [1.807, 2.05) is 36.4 Å². The number of aromatic amines is 1. The number of carbonyl (C=O) groups is 2. The minimum absolute atomic E-state index is 0.226. The molecule has 2 aromatic carbocycles. The first-order valence-corrected chi connectivity index (χ1v) is 11.9. The van der Waals surface area contributed by atoms with Crippen LogP contribution in [0.2, 0.25) is 0 Å². The highest BCUT2D eigenvalue weighted by molar-refractivity contribution is 5.95. The number of nitrogens with two attached hydrogens (primary N) is 2. The van der Waals surface area contributed by atoms with Gasteiger partial charge in [0.1, 0.15) is 6.04 Å². The first kappa shape index (κ1) is 26.7. The van der Waals surface area contributed by atoms with E-state index in [0.717, 1.165) is 28.0 Å². The molecular weight excluding hydrogens is 498 g/mol. The molecule has 0 radical (unpaired) electrons. The van der Waals surface area contributed by atoms with E-state index in [1.165, 1.54) is 0 Å². The standard InChI is InChI=1S/C14H12N4O2.C13H15N5O/c1-15-14-16-5-4-11(18-14)12-7-9-6-8(13(19)20)2-3-10(9)17-12;14-11(12(15)19)9-18(10-5-2-1-3-6-10)13-16-7-4-8-17-13/h2-7,17H,1H3,(H,19,20)(H,15,16,18);1-8,11H,9,14H2,(H2,15,19)/t;11-/m.0/s1. The molecule has 0 aliphatic carbocycles. The average molecular weight is 526 g/mol. The summed E-state index contributed by atoms with van der Waals surface area (Å²) in [4.78, 5) is 43.8. The number of H-pyrrole nitrogens is 1. The highest BCUT2D eigenvalue weighted by atomic mass is 16.4. The van der Waals surface area contributed by atoms with Gasteiger partial charge in [0.25, 0.3) is 0 Å². The third-order valence-electron chi connectivity index (χ3n) is 5.63. The van der Waals surface area contributed by atoms with E-state index in [1.54, 1.807) is 60.9 Å². The molecule has 198 valence electrons. The average Bonchev–Trinajstić information content (AvgIpc) is 3.41. The third kappa shape index (κ3) is 6.70. The number of hydrogen-bond donors (Lipinski definition) is 5. The van der Waals surface area contributed by atoms with Crippen LogP contribution in [-0.4, -0.2) is 61.5 Å². The fourth-order valence-electron chi connectivity index (χ4n) is 3.66. The number of aromatic nitrogens is 5. The molecule has 5 aromatic rings. The van der Waals surface area contributed by atoms with E-state index >= 15 is 0 Å². The number of anilines is 3. The van der Waals surface area contributed by atoms with Crippen LogP contribution in [0.15, 0.2) is 85.3 Å². The Morgan fingerprint density at radius 3 is 2.41 bits per heavy atom. The van der Waals surface area contributed by atoms with Gasteiger partial charge in [-0.2, -0.15) is 0 Å². The molecule has 0 aliphatic heterocycles. The van der Waals surface area contributed by atoms with Gasteiger partial charge in [0.15, 0.2) is 0 Å². The number of hydrogen-bond acceptors (Lipinski definition) is 9. The van der Waals surface area contributed by atoms with Crippen molar-refractivity contribution in [1.29, 1.82) is 0 Å². The molecule has 1 atom stereocenters. The molecule has 7 N–H and O–H groups in total. The summed E-state index contributed by atoms with van der Waals surface area (Å²) in [5.74, 6) is -0.483. The van der Waals surface area contributed by atoms with Gasteiger partial charge >= 0.3 is 5.97 Å². The number of primary amides is 1. The lowest BCUT2D eigenvalue weighted by atomic mass is 10.1. The van der Waals surface area contributed by atoms with Crippen molar-refractivity contribution in [2.24, 2.45) is 11.5 Å². The van der Waals surface area contributed by atoms with Crippen molar-refractivity contribution in [2.75, 3.05) is 23.8 Å². The number of carboxylic acids is 1. The Bertz CT molecular complexity index is 1520. The molecule has 5 rings (SSSR count). The van der Waals surface area contributed by atoms with Crippen molar-refractivity contribution in [3.8, 4) is 11.4 Å². The normalized spacial score (nSPS) is 11.2. The summed E-state index contributed by atoms with van der Waals surface area (Å²) in [6, 6.07) is 19.0. The molecule has 0 saturated heterocycles. The van der Waals surface area contributed by atoms with Crippen molar-refractivity contribution in [3.63, 3.8) is 0 Å². The number of rotatable bonds is 8. The highest BCUT2D eigenvalue weighted by Crippen LogP contribution is 2.24. The monoisotopic (exact) mass is 525 g/mol. The van der Waals surface area contributed by atoms with Crippen LogP contribution < -0.4 is 21.7 Å². The molecular formula is C27H27N9O3. The zero-order valence-corrected chi connectivity index (χ0v) is 21.0. The van der Waals surface area contributed by atoms with E-state index in [-0.39, 0.29) is 12.1 Å². The molecule has 1 amide bonds. The molecule has 0 bridgehead atoms. The Morgan fingerprint density at radius 2 is 1.74 bits per heavy atom. The molecule has 3 heterocycles. The summed E-state index contributed by atoms with van der Waals surface area (Å²) in [5.41, 5.74) is 14.5. The maximum atomic E-state index is 11.1. The SMILES string of the molecule is CNc1nccc(-c2cc3cc(C(=O)O)ccc3[nH]2)n1.NC(=O)[C@@H](N)CN(c1ccccc1)c1ncccn1. The van der Waals surface area contributed by atoms with Gasteiger partial charge in [0.05, 0.1) is 23.5 Å². The number of benzene rings is 2. The van der Waals surface area contributed by atoms with Gasteiger partial charge in [-0.3, -0.25) is 4.79 Å². The predicted molar refractivity (Wildman–Crippen MR) is 148 cm³/mol. The van der Waals surface area contributed by atoms with Crippen LogP contribution in [0, 0.1) is 0 Å². The second-order valence-corrected chi connectivity index (χ2v) is 8.31. The van der Waals surface area contributed by atoms with Gasteiger partial charge in [-0.1, -0.05) is 18.2 Å². The van der Waals surface area contributed by atoms with Gasteiger partial charge in [-0.25, -0.2) is 24.7 Å². The van der Waals surface area contributed by atoms with Crippen LogP contribution in [0.1, 0.15) is 10.4 Å². The molecule has 12 heteroatoms. The second kappa shape index (κ2) is 12.3. The lowest BCUT2D eigenvalue weighted by molar-refractivity contribution is -0.119. The third-order valence-corrected chi connectivity index (χ3v) is 5.63. The number of amides is 1. The molecule has 39 heavy (non-hydrogen) atoms. The highest BCUT2D eigenvalue weighted by Gasteiger charge is 2.18. The van der Waals surface area contributed by atoms with Gasteiger partial charge in [-0.15, -0.1) is 0 Å². The van der Waals surface area contributed by atoms with Crippen LogP contribution in [0.3, 0.4) is 0 Å². The Hall–Kier alpha value is -5.36. The molecule has 0 spiro atoms. The van der Waals surface area contributed by atoms with E-state index in [0.29, 0.717) is 11.9 Å². The van der Waals surface area contributed by atoms with Crippen molar-refractivity contribution < 1.29 is 14.7 Å². The fraction of sp³-hybridized carbons (Fsp3) is 0.111. The minimum atomic E-state index is -0.936. The minimum Gasteiger partial charge on any atom is -0.478 e. The Labute approximate surface area is 223 Å². The van der Waals surface area contributed by atoms with E-state index in [2.05, 4.69) is 30.2 Å². The molecule has 0 saturated carbocycles. The Morgan fingerprint density at radius 1 is 1.00 bits per heavy atom. The number of carbonyl (C=O) groups excluding carboxylic acids is 1. The maximum absolute atomic E-state index is 11.1. The summed E-state index contributed by atoms with van der Waals surface area (Å²) >= 11 is 0. The summed E-state index contributed by atoms with van der Waals surface area (Å²) < 4.78 is 0. The largest absolute Gasteiger partial charge is 0.478 e. The molecule has 0 unspecified atom stereocenters. The zero-order chi connectivity index (χ0) is 27.8. The summed E-state index contributed by atoms with van der Waals surface area (Å²) in [7, 11) is 1.75. The summed E-state index contributed by atoms with van der Waals surface area (Å²) in [5, 5.41) is 12.7. The van der Waals surface area contributed by atoms with Gasteiger partial charge in [0.2, 0.25) is 17.8 Å². The lowest BCUT2D eigenvalue weighted by Gasteiger charge is -2.24. The van der Waals surface area contributed by atoms with Crippen molar-refractivity contribution >= 4 is 40.4 Å². The summed E-state index contributed by atoms with van der Waals surface area (Å²) in [6.07, 6.45) is 4.94. The van der Waals surface area contributed by atoms with Crippen LogP contribution in [-0.2, 0) is 4.79 Å². The van der Waals surface area contributed by atoms with Gasteiger partial charge in [-0.05, 0) is 48.5 Å². The molecule has 3 aromatic heterocycles. The van der Waals surface area contributed by atoms with Gasteiger partial charge < -0.3 is 31.8 Å². The number of para-hydroxylation sites is 1. The maximum Gasteiger partial charge on any atom is 0.335 e.